The van der Waals surface area contributed by atoms with Gasteiger partial charge in [-0.05, 0) is 55.8 Å². The van der Waals surface area contributed by atoms with Crippen molar-refractivity contribution >= 4 is 50.6 Å². The summed E-state index contributed by atoms with van der Waals surface area (Å²) < 4.78 is 7.00. The summed E-state index contributed by atoms with van der Waals surface area (Å²) in [5.41, 5.74) is 3.67. The van der Waals surface area contributed by atoms with E-state index in [1.165, 1.54) is 0 Å². The van der Waals surface area contributed by atoms with Gasteiger partial charge in [0, 0.05) is 39.8 Å². The third-order valence-electron chi connectivity index (χ3n) is 5.27. The first kappa shape index (κ1) is 22.2. The average Bonchev–Trinajstić information content (AvgIpc) is 3.34. The van der Waals surface area contributed by atoms with Gasteiger partial charge in [0.25, 0.3) is 0 Å². The Labute approximate surface area is 195 Å². The molecule has 0 amide bonds. The Hall–Kier alpha value is -3.03. The van der Waals surface area contributed by atoms with Gasteiger partial charge >= 0.3 is 5.97 Å². The first-order valence-corrected chi connectivity index (χ1v) is 11.5. The molecular formula is C24H24ClN3O3S. The second-order valence-electron chi connectivity index (χ2n) is 7.48. The lowest BCUT2D eigenvalue weighted by Crippen LogP contribution is -2.17. The number of aliphatic carboxylic acids is 1. The molecule has 0 unspecified atom stereocenters. The van der Waals surface area contributed by atoms with E-state index >= 15 is 0 Å². The number of methoxy groups -OCH3 is 1. The van der Waals surface area contributed by atoms with Crippen molar-refractivity contribution in [2.24, 2.45) is 0 Å². The standard InChI is InChI=1S/C24H24ClN3O3S/c1-4-10-28(17-5-8-21-16(12-17)9-11-27(21)14-22(29)30)24-26-23(15(2)32-24)19-7-6-18(31-3)13-20(19)25/h5-9,11-13H,4,10,14H2,1-3H3,(H,29,30). The van der Waals surface area contributed by atoms with Crippen LogP contribution in [0.25, 0.3) is 22.2 Å². The summed E-state index contributed by atoms with van der Waals surface area (Å²) in [6.45, 7) is 4.94. The molecule has 32 heavy (non-hydrogen) atoms. The molecule has 4 aromatic rings. The van der Waals surface area contributed by atoms with Crippen LogP contribution in [-0.2, 0) is 11.3 Å². The van der Waals surface area contributed by atoms with Crippen molar-refractivity contribution in [1.29, 1.82) is 0 Å². The average molecular weight is 470 g/mol. The Morgan fingerprint density at radius 1 is 1.25 bits per heavy atom. The first-order valence-electron chi connectivity index (χ1n) is 10.3. The molecule has 2 aromatic heterocycles. The van der Waals surface area contributed by atoms with Crippen LogP contribution in [0.5, 0.6) is 5.75 Å². The third kappa shape index (κ3) is 4.31. The summed E-state index contributed by atoms with van der Waals surface area (Å²) >= 11 is 8.14. The van der Waals surface area contributed by atoms with Crippen LogP contribution in [0.4, 0.5) is 10.8 Å². The van der Waals surface area contributed by atoms with E-state index in [-0.39, 0.29) is 6.54 Å². The number of aryl methyl sites for hydroxylation is 1. The van der Waals surface area contributed by atoms with Crippen molar-refractivity contribution in [3.05, 3.63) is 58.6 Å². The van der Waals surface area contributed by atoms with E-state index < -0.39 is 5.97 Å². The zero-order chi connectivity index (χ0) is 22.8. The number of halogens is 1. The zero-order valence-corrected chi connectivity index (χ0v) is 19.7. The lowest BCUT2D eigenvalue weighted by Gasteiger charge is -2.21. The number of nitrogens with zero attached hydrogens (tertiary/aromatic N) is 3. The number of carbonyl (C=O) groups is 1. The zero-order valence-electron chi connectivity index (χ0n) is 18.1. The minimum atomic E-state index is -0.859. The van der Waals surface area contributed by atoms with Gasteiger partial charge in [-0.1, -0.05) is 18.5 Å². The number of rotatable bonds is 8. The van der Waals surface area contributed by atoms with Gasteiger partial charge < -0.3 is 19.3 Å². The molecule has 0 spiro atoms. The van der Waals surface area contributed by atoms with Crippen LogP contribution < -0.4 is 9.64 Å². The molecule has 0 bridgehead atoms. The Morgan fingerprint density at radius 2 is 2.06 bits per heavy atom. The molecule has 0 radical (unpaired) electrons. The van der Waals surface area contributed by atoms with Gasteiger partial charge in [-0.3, -0.25) is 4.79 Å². The summed E-state index contributed by atoms with van der Waals surface area (Å²) in [4.78, 5) is 19.4. The van der Waals surface area contributed by atoms with Crippen LogP contribution in [-0.4, -0.2) is 34.3 Å². The molecule has 0 saturated heterocycles. The number of aromatic nitrogens is 2. The van der Waals surface area contributed by atoms with E-state index in [2.05, 4.69) is 24.8 Å². The molecule has 0 aliphatic carbocycles. The van der Waals surface area contributed by atoms with Crippen LogP contribution in [0.3, 0.4) is 0 Å². The Kier molecular flexibility index (Phi) is 6.39. The number of fused-ring (bicyclic) bond motifs is 1. The summed E-state index contributed by atoms with van der Waals surface area (Å²) in [6, 6.07) is 13.6. The van der Waals surface area contributed by atoms with Gasteiger partial charge in [-0.2, -0.15) is 0 Å². The highest BCUT2D eigenvalue weighted by molar-refractivity contribution is 7.16. The largest absolute Gasteiger partial charge is 0.497 e. The second-order valence-corrected chi connectivity index (χ2v) is 9.07. The molecule has 8 heteroatoms. The highest BCUT2D eigenvalue weighted by Gasteiger charge is 2.19. The summed E-state index contributed by atoms with van der Waals surface area (Å²) in [7, 11) is 1.62. The maximum atomic E-state index is 11.1. The lowest BCUT2D eigenvalue weighted by atomic mass is 10.1. The predicted octanol–water partition coefficient (Wildman–Crippen LogP) is 6.37. The number of carboxylic acid groups (broad SMARTS) is 1. The normalized spacial score (nSPS) is 11.1. The molecule has 0 fully saturated rings. The number of ether oxygens (including phenoxy) is 1. The van der Waals surface area contributed by atoms with E-state index in [0.29, 0.717) is 10.8 Å². The third-order valence-corrected chi connectivity index (χ3v) is 6.57. The van der Waals surface area contributed by atoms with Crippen molar-refractivity contribution in [1.82, 2.24) is 9.55 Å². The molecule has 2 heterocycles. The Bertz CT molecular complexity index is 1280. The molecule has 0 saturated carbocycles. The lowest BCUT2D eigenvalue weighted by molar-refractivity contribution is -0.137. The summed E-state index contributed by atoms with van der Waals surface area (Å²) in [6.07, 6.45) is 2.76. The molecule has 166 valence electrons. The van der Waals surface area contributed by atoms with Gasteiger partial charge in [-0.25, -0.2) is 4.98 Å². The van der Waals surface area contributed by atoms with E-state index in [9.17, 15) is 4.79 Å². The fourth-order valence-electron chi connectivity index (χ4n) is 3.76. The molecule has 4 rings (SSSR count). The number of carboxylic acids is 1. The van der Waals surface area contributed by atoms with Crippen molar-refractivity contribution in [3.63, 3.8) is 0 Å². The predicted molar refractivity (Wildman–Crippen MR) is 131 cm³/mol. The van der Waals surface area contributed by atoms with Crippen molar-refractivity contribution < 1.29 is 14.6 Å². The van der Waals surface area contributed by atoms with Crippen LogP contribution >= 0.6 is 22.9 Å². The summed E-state index contributed by atoms with van der Waals surface area (Å²) in [5, 5.41) is 11.6. The SMILES string of the molecule is CCCN(c1ccc2c(ccn2CC(=O)O)c1)c1nc(-c2ccc(OC)cc2Cl)c(C)s1. The highest BCUT2D eigenvalue weighted by Crippen LogP contribution is 2.39. The smallest absolute Gasteiger partial charge is 0.323 e. The maximum Gasteiger partial charge on any atom is 0.323 e. The van der Waals surface area contributed by atoms with Crippen LogP contribution in [0.1, 0.15) is 18.2 Å². The number of thiazole rings is 1. The van der Waals surface area contributed by atoms with Gasteiger partial charge in [0.05, 0.1) is 17.8 Å². The maximum absolute atomic E-state index is 11.1. The van der Waals surface area contributed by atoms with E-state index in [1.807, 2.05) is 36.5 Å². The minimum Gasteiger partial charge on any atom is -0.497 e. The molecule has 0 aliphatic rings. The number of anilines is 2. The van der Waals surface area contributed by atoms with Crippen molar-refractivity contribution in [2.75, 3.05) is 18.6 Å². The number of hydrogen-bond donors (Lipinski definition) is 1. The monoisotopic (exact) mass is 469 g/mol. The van der Waals surface area contributed by atoms with Gasteiger partial charge in [0.1, 0.15) is 12.3 Å². The Morgan fingerprint density at radius 3 is 2.75 bits per heavy atom. The van der Waals surface area contributed by atoms with Crippen LogP contribution in [0.15, 0.2) is 48.7 Å². The quantitative estimate of drug-likeness (QED) is 0.325. The van der Waals surface area contributed by atoms with Crippen molar-refractivity contribution in [3.8, 4) is 17.0 Å². The Balaban J connectivity index is 1.72. The van der Waals surface area contributed by atoms with Crippen LogP contribution in [0, 0.1) is 6.92 Å². The first-order chi connectivity index (χ1) is 15.4. The van der Waals surface area contributed by atoms with E-state index in [1.54, 1.807) is 29.1 Å². The topological polar surface area (TPSA) is 67.6 Å². The number of hydrogen-bond acceptors (Lipinski definition) is 5. The molecule has 0 aliphatic heterocycles. The van der Waals surface area contributed by atoms with E-state index in [4.69, 9.17) is 26.4 Å². The number of benzene rings is 2. The summed E-state index contributed by atoms with van der Waals surface area (Å²) in [5.74, 6) is -0.148. The fraction of sp³-hybridized carbons (Fsp3) is 0.250. The second kappa shape index (κ2) is 9.22. The van der Waals surface area contributed by atoms with Gasteiger partial charge in [0.2, 0.25) is 0 Å². The van der Waals surface area contributed by atoms with Gasteiger partial charge in [-0.15, -0.1) is 11.3 Å². The highest BCUT2D eigenvalue weighted by atomic mass is 35.5. The molecule has 1 N–H and O–H groups in total. The molecular weight excluding hydrogens is 446 g/mol. The van der Waals surface area contributed by atoms with E-state index in [0.717, 1.165) is 50.8 Å². The fourth-order valence-corrected chi connectivity index (χ4v) is 4.99. The molecule has 0 atom stereocenters. The van der Waals surface area contributed by atoms with Gasteiger partial charge in [0.15, 0.2) is 5.13 Å². The van der Waals surface area contributed by atoms with Crippen LogP contribution in [0.2, 0.25) is 5.02 Å². The minimum absolute atomic E-state index is 0.0564. The van der Waals surface area contributed by atoms with Crippen molar-refractivity contribution in [2.45, 2.75) is 26.8 Å². The molecule has 2 aromatic carbocycles. The molecule has 6 nitrogen and oxygen atoms in total.